The molecule has 11 heteroatoms. The number of nitrogens with one attached hydrogen (secondary N) is 1. The molecule has 2 aliphatic rings. The predicted octanol–water partition coefficient (Wildman–Crippen LogP) is 3.72. The molecule has 2 heterocycles. The molecule has 10 nitrogen and oxygen atoms in total. The Labute approximate surface area is 206 Å². The highest BCUT2D eigenvalue weighted by atomic mass is 32.2. The van der Waals surface area contributed by atoms with Gasteiger partial charge in [0.05, 0.1) is 23.0 Å². The first-order valence-corrected chi connectivity index (χ1v) is 11.8. The van der Waals surface area contributed by atoms with Gasteiger partial charge in [-0.15, -0.1) is 0 Å². The summed E-state index contributed by atoms with van der Waals surface area (Å²) in [6.45, 7) is 5.51. The zero-order chi connectivity index (χ0) is 25.1. The van der Waals surface area contributed by atoms with E-state index < -0.39 is 28.5 Å². The number of imide groups is 1. The van der Waals surface area contributed by atoms with Gasteiger partial charge in [-0.1, -0.05) is 18.2 Å². The second kappa shape index (κ2) is 10.3. The van der Waals surface area contributed by atoms with E-state index in [0.29, 0.717) is 55.0 Å². The summed E-state index contributed by atoms with van der Waals surface area (Å²) in [5, 5.41) is 13.5. The third kappa shape index (κ3) is 5.36. The van der Waals surface area contributed by atoms with Gasteiger partial charge < -0.3 is 15.0 Å². The van der Waals surface area contributed by atoms with Gasteiger partial charge >= 0.3 is 0 Å². The third-order valence-electron chi connectivity index (χ3n) is 5.78. The van der Waals surface area contributed by atoms with E-state index >= 15 is 0 Å². The highest BCUT2D eigenvalue weighted by Gasteiger charge is 2.36. The van der Waals surface area contributed by atoms with Gasteiger partial charge in [0.1, 0.15) is 6.54 Å². The number of anilines is 2. The standard InChI is InChI=1S/C24H24N4O6S/c1-15-4-3-5-16(2)22(15)25-21(29)14-27-23(30)20(35-24(27)31)13-17-12-18(28(32)33)6-7-19(17)26-8-10-34-11-9-26/h3-7,12-13H,8-11,14H2,1-2H3,(H,25,29)/b20-13-. The van der Waals surface area contributed by atoms with Crippen molar-refractivity contribution in [3.05, 3.63) is 68.1 Å². The van der Waals surface area contributed by atoms with Gasteiger partial charge in [0.25, 0.3) is 16.8 Å². The maximum absolute atomic E-state index is 13.0. The molecule has 0 unspecified atom stereocenters. The fraction of sp³-hybridized carbons (Fsp3) is 0.292. The van der Waals surface area contributed by atoms with Crippen molar-refractivity contribution in [3.8, 4) is 0 Å². The van der Waals surface area contributed by atoms with E-state index in [1.54, 1.807) is 6.07 Å². The molecule has 2 fully saturated rings. The number of hydrogen-bond donors (Lipinski definition) is 1. The van der Waals surface area contributed by atoms with Crippen LogP contribution in [0.1, 0.15) is 16.7 Å². The largest absolute Gasteiger partial charge is 0.378 e. The van der Waals surface area contributed by atoms with Crippen LogP contribution < -0.4 is 10.2 Å². The van der Waals surface area contributed by atoms with Crippen LogP contribution in [0.15, 0.2) is 41.3 Å². The molecule has 182 valence electrons. The van der Waals surface area contributed by atoms with Crippen LogP contribution in [0, 0.1) is 24.0 Å². The van der Waals surface area contributed by atoms with Crippen LogP contribution in [-0.4, -0.2) is 59.7 Å². The minimum absolute atomic E-state index is 0.102. The van der Waals surface area contributed by atoms with E-state index in [9.17, 15) is 24.5 Å². The Kier molecular flexibility index (Phi) is 7.17. The van der Waals surface area contributed by atoms with Crippen LogP contribution in [0.5, 0.6) is 0 Å². The Hall–Kier alpha value is -3.70. The average molecular weight is 497 g/mol. The molecule has 35 heavy (non-hydrogen) atoms. The molecule has 1 N–H and O–H groups in total. The molecular weight excluding hydrogens is 472 g/mol. The number of morpholine rings is 1. The lowest BCUT2D eigenvalue weighted by Gasteiger charge is -2.30. The normalized spacial score (nSPS) is 17.3. The lowest BCUT2D eigenvalue weighted by molar-refractivity contribution is -0.384. The van der Waals surface area contributed by atoms with Gasteiger partial charge in [0, 0.05) is 42.2 Å². The Bertz CT molecular complexity index is 1220. The van der Waals surface area contributed by atoms with E-state index in [-0.39, 0.29) is 10.6 Å². The Balaban J connectivity index is 1.57. The maximum Gasteiger partial charge on any atom is 0.294 e. The fourth-order valence-electron chi connectivity index (χ4n) is 3.98. The van der Waals surface area contributed by atoms with E-state index in [1.165, 1.54) is 18.2 Å². The number of benzene rings is 2. The molecule has 0 spiro atoms. The summed E-state index contributed by atoms with van der Waals surface area (Å²) in [6, 6.07) is 10.0. The molecular formula is C24H24N4O6S. The number of rotatable bonds is 6. The van der Waals surface area contributed by atoms with Gasteiger partial charge in [-0.2, -0.15) is 0 Å². The smallest absolute Gasteiger partial charge is 0.294 e. The van der Waals surface area contributed by atoms with Gasteiger partial charge in [-0.25, -0.2) is 0 Å². The van der Waals surface area contributed by atoms with E-state index in [2.05, 4.69) is 5.32 Å². The number of carbonyl (C=O) groups excluding carboxylic acids is 3. The molecule has 3 amide bonds. The van der Waals surface area contributed by atoms with Crippen molar-refractivity contribution in [1.29, 1.82) is 0 Å². The van der Waals surface area contributed by atoms with E-state index in [0.717, 1.165) is 16.0 Å². The van der Waals surface area contributed by atoms with Crippen LogP contribution in [0.3, 0.4) is 0 Å². The number of nitrogens with zero attached hydrogens (tertiary/aromatic N) is 3. The number of para-hydroxylation sites is 1. The summed E-state index contributed by atoms with van der Waals surface area (Å²) in [6.07, 6.45) is 1.48. The van der Waals surface area contributed by atoms with Crippen LogP contribution in [0.2, 0.25) is 0 Å². The Morgan fingerprint density at radius 2 is 1.86 bits per heavy atom. The van der Waals surface area contributed by atoms with Crippen LogP contribution in [-0.2, 0) is 14.3 Å². The SMILES string of the molecule is Cc1cccc(C)c1NC(=O)CN1C(=O)S/C(=C\c2cc([N+](=O)[O-])ccc2N2CCOCC2)C1=O. The Morgan fingerprint density at radius 1 is 1.17 bits per heavy atom. The van der Waals surface area contributed by atoms with Crippen molar-refractivity contribution >= 4 is 52.0 Å². The van der Waals surface area contributed by atoms with E-state index in [4.69, 9.17) is 4.74 Å². The molecule has 0 radical (unpaired) electrons. The lowest BCUT2D eigenvalue weighted by Crippen LogP contribution is -2.37. The molecule has 0 bridgehead atoms. The minimum Gasteiger partial charge on any atom is -0.378 e. The first kappa shape index (κ1) is 24.4. The summed E-state index contributed by atoms with van der Waals surface area (Å²) in [5.74, 6) is -1.11. The number of hydrogen-bond acceptors (Lipinski definition) is 8. The third-order valence-corrected chi connectivity index (χ3v) is 6.69. The molecule has 2 aromatic rings. The molecule has 0 aromatic heterocycles. The van der Waals surface area contributed by atoms with Crippen LogP contribution >= 0.6 is 11.8 Å². The number of thioether (sulfide) groups is 1. The number of carbonyl (C=O) groups is 3. The zero-order valence-corrected chi connectivity index (χ0v) is 20.1. The second-order valence-electron chi connectivity index (χ2n) is 8.18. The fourth-order valence-corrected chi connectivity index (χ4v) is 4.80. The van der Waals surface area contributed by atoms with E-state index in [1.807, 2.05) is 36.9 Å². The molecule has 2 saturated heterocycles. The summed E-state index contributed by atoms with van der Waals surface area (Å²) >= 11 is 0.706. The zero-order valence-electron chi connectivity index (χ0n) is 19.3. The van der Waals surface area contributed by atoms with Gasteiger partial charge in [0.15, 0.2) is 0 Å². The summed E-state index contributed by atoms with van der Waals surface area (Å²) < 4.78 is 5.38. The number of nitro groups is 1. The number of aryl methyl sites for hydroxylation is 2. The van der Waals surface area contributed by atoms with Crippen molar-refractivity contribution < 1.29 is 24.0 Å². The molecule has 4 rings (SSSR count). The van der Waals surface area contributed by atoms with Gasteiger partial charge in [-0.3, -0.25) is 29.4 Å². The molecule has 0 atom stereocenters. The van der Waals surface area contributed by atoms with Crippen molar-refractivity contribution in [2.24, 2.45) is 0 Å². The monoisotopic (exact) mass is 496 g/mol. The molecule has 0 saturated carbocycles. The topological polar surface area (TPSA) is 122 Å². The van der Waals surface area contributed by atoms with Crippen LogP contribution in [0.4, 0.5) is 21.9 Å². The number of ether oxygens (including phenoxy) is 1. The number of nitro benzene ring substituents is 1. The Morgan fingerprint density at radius 3 is 2.51 bits per heavy atom. The average Bonchev–Trinajstić information content (AvgIpc) is 3.09. The number of amides is 3. The predicted molar refractivity (Wildman–Crippen MR) is 133 cm³/mol. The lowest BCUT2D eigenvalue weighted by atomic mass is 10.1. The summed E-state index contributed by atoms with van der Waals surface area (Å²) in [5.41, 5.74) is 3.42. The summed E-state index contributed by atoms with van der Waals surface area (Å²) in [4.78, 5) is 52.1. The van der Waals surface area contributed by atoms with Crippen molar-refractivity contribution in [3.63, 3.8) is 0 Å². The second-order valence-corrected chi connectivity index (χ2v) is 9.18. The molecule has 2 aromatic carbocycles. The van der Waals surface area contributed by atoms with Gasteiger partial charge in [0.2, 0.25) is 5.91 Å². The highest BCUT2D eigenvalue weighted by Crippen LogP contribution is 2.35. The quantitative estimate of drug-likeness (QED) is 0.365. The molecule has 0 aliphatic carbocycles. The van der Waals surface area contributed by atoms with Gasteiger partial charge in [-0.05, 0) is 48.9 Å². The van der Waals surface area contributed by atoms with Crippen molar-refractivity contribution in [2.45, 2.75) is 13.8 Å². The first-order valence-electron chi connectivity index (χ1n) is 11.0. The maximum atomic E-state index is 13.0. The minimum atomic E-state index is -0.615. The first-order chi connectivity index (χ1) is 16.7. The number of non-ortho nitro benzene ring substituents is 1. The summed E-state index contributed by atoms with van der Waals surface area (Å²) in [7, 11) is 0. The highest BCUT2D eigenvalue weighted by molar-refractivity contribution is 8.18. The van der Waals surface area contributed by atoms with Crippen LogP contribution in [0.25, 0.3) is 6.08 Å². The van der Waals surface area contributed by atoms with Crippen molar-refractivity contribution in [2.75, 3.05) is 43.1 Å². The molecule has 2 aliphatic heterocycles. The van der Waals surface area contributed by atoms with Crippen molar-refractivity contribution in [1.82, 2.24) is 4.90 Å².